The third kappa shape index (κ3) is 1.67. The summed E-state index contributed by atoms with van der Waals surface area (Å²) in [6.07, 6.45) is 0.777. The number of benzene rings is 1. The highest BCUT2D eigenvalue weighted by molar-refractivity contribution is 5.87. The number of carbonyl (C=O) groups is 1. The Balaban J connectivity index is 2.29. The van der Waals surface area contributed by atoms with E-state index in [2.05, 4.69) is 5.32 Å². The van der Waals surface area contributed by atoms with Crippen LogP contribution >= 0.6 is 0 Å². The molecule has 0 atom stereocenters. The zero-order valence-corrected chi connectivity index (χ0v) is 9.74. The van der Waals surface area contributed by atoms with E-state index < -0.39 is 5.97 Å². The summed E-state index contributed by atoms with van der Waals surface area (Å²) in [6, 6.07) is 4.56. The molecular weight excluding hydrogens is 235 g/mol. The molecule has 0 bridgehead atoms. The van der Waals surface area contributed by atoms with E-state index in [0.717, 1.165) is 29.6 Å². The molecule has 1 aliphatic rings. The molecule has 0 aliphatic carbocycles. The number of fused-ring (bicyclic) bond motifs is 3. The fourth-order valence-electron chi connectivity index (χ4n) is 2.67. The first-order valence-corrected chi connectivity index (χ1v) is 5.89. The van der Waals surface area contributed by atoms with Crippen LogP contribution in [-0.4, -0.2) is 22.2 Å². The van der Waals surface area contributed by atoms with Gasteiger partial charge in [0.2, 0.25) is 0 Å². The quantitative estimate of drug-likeness (QED) is 0.847. The van der Waals surface area contributed by atoms with Crippen molar-refractivity contribution in [2.45, 2.75) is 19.5 Å². The SMILES string of the molecule is O=C(O)Cn1c2c(c3ccc(F)cc31)CNCC2. The summed E-state index contributed by atoms with van der Waals surface area (Å²) in [4.78, 5) is 11.0. The monoisotopic (exact) mass is 248 g/mol. The molecule has 18 heavy (non-hydrogen) atoms. The number of nitrogens with one attached hydrogen (secondary N) is 1. The highest BCUT2D eigenvalue weighted by Crippen LogP contribution is 2.29. The predicted octanol–water partition coefficient (Wildman–Crippen LogP) is 1.51. The van der Waals surface area contributed by atoms with E-state index in [1.165, 1.54) is 12.1 Å². The zero-order chi connectivity index (χ0) is 12.7. The number of hydrogen-bond acceptors (Lipinski definition) is 2. The Bertz CT molecular complexity index is 633. The van der Waals surface area contributed by atoms with Crippen molar-refractivity contribution >= 4 is 16.9 Å². The van der Waals surface area contributed by atoms with Gasteiger partial charge in [-0.25, -0.2) is 4.39 Å². The van der Waals surface area contributed by atoms with Crippen molar-refractivity contribution in [1.29, 1.82) is 0 Å². The van der Waals surface area contributed by atoms with Gasteiger partial charge in [0.15, 0.2) is 0 Å². The van der Waals surface area contributed by atoms with Crippen molar-refractivity contribution in [1.82, 2.24) is 9.88 Å². The molecule has 0 unspecified atom stereocenters. The zero-order valence-electron chi connectivity index (χ0n) is 9.74. The minimum atomic E-state index is -0.905. The van der Waals surface area contributed by atoms with Gasteiger partial charge in [0, 0.05) is 30.6 Å². The van der Waals surface area contributed by atoms with Gasteiger partial charge in [0.05, 0.1) is 5.52 Å². The van der Waals surface area contributed by atoms with Crippen LogP contribution in [0.15, 0.2) is 18.2 Å². The minimum absolute atomic E-state index is 0.116. The molecule has 94 valence electrons. The maximum atomic E-state index is 13.3. The second kappa shape index (κ2) is 4.10. The van der Waals surface area contributed by atoms with Crippen LogP contribution in [-0.2, 0) is 24.3 Å². The summed E-state index contributed by atoms with van der Waals surface area (Å²) in [5.74, 6) is -1.24. The number of hydrogen-bond donors (Lipinski definition) is 2. The average Bonchev–Trinajstić information content (AvgIpc) is 2.63. The van der Waals surface area contributed by atoms with E-state index in [0.29, 0.717) is 12.1 Å². The van der Waals surface area contributed by atoms with Crippen LogP contribution in [0.5, 0.6) is 0 Å². The molecule has 3 rings (SSSR count). The third-order valence-electron chi connectivity index (χ3n) is 3.38. The molecule has 2 N–H and O–H groups in total. The van der Waals surface area contributed by atoms with Gasteiger partial charge in [0.1, 0.15) is 12.4 Å². The van der Waals surface area contributed by atoms with Crippen molar-refractivity contribution in [3.05, 3.63) is 35.3 Å². The number of aromatic nitrogens is 1. The highest BCUT2D eigenvalue weighted by atomic mass is 19.1. The minimum Gasteiger partial charge on any atom is -0.480 e. The number of halogens is 1. The van der Waals surface area contributed by atoms with Crippen LogP contribution in [0.2, 0.25) is 0 Å². The Labute approximate surface area is 103 Å². The molecule has 1 aromatic carbocycles. The first-order chi connectivity index (χ1) is 8.66. The van der Waals surface area contributed by atoms with Gasteiger partial charge in [-0.15, -0.1) is 0 Å². The second-order valence-corrected chi connectivity index (χ2v) is 4.49. The number of carboxylic acid groups (broad SMARTS) is 1. The van der Waals surface area contributed by atoms with Crippen LogP contribution in [0, 0.1) is 5.82 Å². The van der Waals surface area contributed by atoms with Crippen LogP contribution in [0.1, 0.15) is 11.3 Å². The molecule has 0 radical (unpaired) electrons. The lowest BCUT2D eigenvalue weighted by atomic mass is 10.1. The third-order valence-corrected chi connectivity index (χ3v) is 3.38. The van der Waals surface area contributed by atoms with Gasteiger partial charge in [0.25, 0.3) is 0 Å². The molecule has 1 aliphatic heterocycles. The van der Waals surface area contributed by atoms with Crippen LogP contribution in [0.4, 0.5) is 4.39 Å². The summed E-state index contributed by atoms with van der Waals surface area (Å²) >= 11 is 0. The maximum absolute atomic E-state index is 13.3. The Morgan fingerprint density at radius 2 is 2.33 bits per heavy atom. The summed E-state index contributed by atoms with van der Waals surface area (Å²) in [6.45, 7) is 1.42. The average molecular weight is 248 g/mol. The van der Waals surface area contributed by atoms with Crippen molar-refractivity contribution in [2.24, 2.45) is 0 Å². The second-order valence-electron chi connectivity index (χ2n) is 4.49. The van der Waals surface area contributed by atoms with Gasteiger partial charge in [-0.05, 0) is 23.8 Å². The van der Waals surface area contributed by atoms with E-state index in [4.69, 9.17) is 5.11 Å². The van der Waals surface area contributed by atoms with Crippen LogP contribution < -0.4 is 5.32 Å². The largest absolute Gasteiger partial charge is 0.480 e. The van der Waals surface area contributed by atoms with Crippen molar-refractivity contribution < 1.29 is 14.3 Å². The van der Waals surface area contributed by atoms with Gasteiger partial charge in [-0.2, -0.15) is 0 Å². The number of rotatable bonds is 2. The van der Waals surface area contributed by atoms with E-state index in [9.17, 15) is 9.18 Å². The molecule has 5 heteroatoms. The van der Waals surface area contributed by atoms with E-state index in [-0.39, 0.29) is 12.4 Å². The van der Waals surface area contributed by atoms with Crippen LogP contribution in [0.25, 0.3) is 10.9 Å². The normalized spacial score (nSPS) is 14.7. The molecule has 0 fully saturated rings. The lowest BCUT2D eigenvalue weighted by Gasteiger charge is -2.15. The Morgan fingerprint density at radius 3 is 3.11 bits per heavy atom. The molecule has 2 aromatic rings. The Hall–Kier alpha value is -1.88. The molecular formula is C13H13FN2O2. The van der Waals surface area contributed by atoms with Gasteiger partial charge in [-0.3, -0.25) is 4.79 Å². The van der Waals surface area contributed by atoms with Gasteiger partial charge in [-0.1, -0.05) is 0 Å². The maximum Gasteiger partial charge on any atom is 0.323 e. The lowest BCUT2D eigenvalue weighted by Crippen LogP contribution is -2.25. The van der Waals surface area contributed by atoms with E-state index >= 15 is 0 Å². The fourth-order valence-corrected chi connectivity index (χ4v) is 2.67. The number of aliphatic carboxylic acids is 1. The molecule has 1 aromatic heterocycles. The van der Waals surface area contributed by atoms with E-state index in [1.807, 2.05) is 0 Å². The topological polar surface area (TPSA) is 54.3 Å². The summed E-state index contributed by atoms with van der Waals surface area (Å²) in [7, 11) is 0. The number of nitrogens with zero attached hydrogens (tertiary/aromatic N) is 1. The molecule has 0 saturated carbocycles. The first kappa shape index (κ1) is 11.2. The Morgan fingerprint density at radius 1 is 1.50 bits per heavy atom. The van der Waals surface area contributed by atoms with Crippen molar-refractivity contribution in [3.8, 4) is 0 Å². The molecule has 0 amide bonds. The lowest BCUT2D eigenvalue weighted by molar-refractivity contribution is -0.137. The highest BCUT2D eigenvalue weighted by Gasteiger charge is 2.20. The first-order valence-electron chi connectivity index (χ1n) is 5.89. The van der Waals surface area contributed by atoms with E-state index in [1.54, 1.807) is 10.6 Å². The van der Waals surface area contributed by atoms with Crippen molar-refractivity contribution in [3.63, 3.8) is 0 Å². The molecule has 0 saturated heterocycles. The molecule has 2 heterocycles. The fraction of sp³-hybridized carbons (Fsp3) is 0.308. The van der Waals surface area contributed by atoms with Crippen LogP contribution in [0.3, 0.4) is 0 Å². The van der Waals surface area contributed by atoms with Gasteiger partial charge < -0.3 is 15.0 Å². The molecule has 0 spiro atoms. The summed E-state index contributed by atoms with van der Waals surface area (Å²) < 4.78 is 15.1. The van der Waals surface area contributed by atoms with Crippen molar-refractivity contribution in [2.75, 3.05) is 6.54 Å². The summed E-state index contributed by atoms with van der Waals surface area (Å²) in [5, 5.41) is 13.2. The Kier molecular flexibility index (Phi) is 2.56. The standard InChI is InChI=1S/C13H13FN2O2/c14-8-1-2-9-10-6-15-4-3-11(10)16(7-13(17)18)12(9)5-8/h1-2,5,15H,3-4,6-7H2,(H,17,18). The predicted molar refractivity (Wildman–Crippen MR) is 64.9 cm³/mol. The summed E-state index contributed by atoms with van der Waals surface area (Å²) in [5.41, 5.74) is 2.78. The molecule has 4 nitrogen and oxygen atoms in total. The van der Waals surface area contributed by atoms with Gasteiger partial charge >= 0.3 is 5.97 Å². The number of carboxylic acids is 1. The smallest absolute Gasteiger partial charge is 0.323 e.